The number of halogens is 1. The van der Waals surface area contributed by atoms with Gasteiger partial charge in [0.15, 0.2) is 5.11 Å². The van der Waals surface area contributed by atoms with Gasteiger partial charge in [-0.05, 0) is 48.5 Å². The first-order valence-electron chi connectivity index (χ1n) is 9.67. The van der Waals surface area contributed by atoms with Crippen LogP contribution in [-0.2, 0) is 25.5 Å². The predicted molar refractivity (Wildman–Crippen MR) is 124 cm³/mol. The molecule has 7 nitrogen and oxygen atoms in total. The molecule has 162 valence electrons. The highest BCUT2D eigenvalue weighted by molar-refractivity contribution is 9.10. The van der Waals surface area contributed by atoms with E-state index in [-0.39, 0.29) is 29.9 Å². The number of esters is 1. The molecular weight excluding hydrogens is 482 g/mol. The fourth-order valence-corrected chi connectivity index (χ4v) is 3.92. The Bertz CT molecular complexity index is 968. The van der Waals surface area contributed by atoms with Crippen molar-refractivity contribution in [3.05, 3.63) is 64.6 Å². The van der Waals surface area contributed by atoms with Crippen LogP contribution in [0.3, 0.4) is 0 Å². The lowest BCUT2D eigenvalue weighted by Gasteiger charge is -2.22. The van der Waals surface area contributed by atoms with Crippen LogP contribution in [0.1, 0.15) is 12.0 Å². The Labute approximate surface area is 194 Å². The third kappa shape index (κ3) is 5.89. The number of nitrogens with one attached hydrogen (secondary N) is 1. The van der Waals surface area contributed by atoms with E-state index in [0.717, 1.165) is 10.0 Å². The summed E-state index contributed by atoms with van der Waals surface area (Å²) in [6.07, 6.45) is 0.477. The highest BCUT2D eigenvalue weighted by Gasteiger charge is 2.44. The van der Waals surface area contributed by atoms with Gasteiger partial charge in [-0.3, -0.25) is 19.3 Å². The van der Waals surface area contributed by atoms with Gasteiger partial charge >= 0.3 is 5.97 Å². The molecule has 2 aromatic carbocycles. The standard InChI is InChI=1S/C22H22BrN3O4S/c1-30-20(28)14-26-18(13-19(27)24-17-9-7-16(23)8-10-17)21(29)25(22(26)31)12-11-15-5-3-2-4-6-15/h2-10,18H,11-14H2,1H3,(H,24,27). The Kier molecular flexibility index (Phi) is 7.75. The Hall–Kier alpha value is -2.78. The van der Waals surface area contributed by atoms with Crippen molar-refractivity contribution in [3.63, 3.8) is 0 Å². The van der Waals surface area contributed by atoms with Gasteiger partial charge in [0.2, 0.25) is 5.91 Å². The van der Waals surface area contributed by atoms with Gasteiger partial charge in [-0.25, -0.2) is 0 Å². The predicted octanol–water partition coefficient (Wildman–Crippen LogP) is 2.99. The Morgan fingerprint density at radius 3 is 2.45 bits per heavy atom. The molecule has 0 aliphatic carbocycles. The van der Waals surface area contributed by atoms with Gasteiger partial charge in [0.25, 0.3) is 5.91 Å². The number of methoxy groups -OCH3 is 1. The maximum Gasteiger partial charge on any atom is 0.325 e. The number of anilines is 1. The van der Waals surface area contributed by atoms with Crippen LogP contribution in [0.15, 0.2) is 59.1 Å². The van der Waals surface area contributed by atoms with Gasteiger partial charge < -0.3 is 15.0 Å². The minimum absolute atomic E-state index is 0.131. The third-order valence-electron chi connectivity index (χ3n) is 4.90. The largest absolute Gasteiger partial charge is 0.468 e. The molecule has 0 spiro atoms. The monoisotopic (exact) mass is 503 g/mol. The first-order chi connectivity index (χ1) is 14.9. The molecule has 1 aliphatic heterocycles. The molecule has 1 atom stereocenters. The lowest BCUT2D eigenvalue weighted by molar-refractivity contribution is -0.141. The van der Waals surface area contributed by atoms with E-state index in [0.29, 0.717) is 18.7 Å². The number of rotatable bonds is 8. The quantitative estimate of drug-likeness (QED) is 0.440. The molecule has 0 aromatic heterocycles. The van der Waals surface area contributed by atoms with Crippen molar-refractivity contribution >= 4 is 56.7 Å². The lowest BCUT2D eigenvalue weighted by Crippen LogP contribution is -2.41. The van der Waals surface area contributed by atoms with Crippen LogP contribution in [0, 0.1) is 0 Å². The second-order valence-electron chi connectivity index (χ2n) is 6.99. The maximum atomic E-state index is 13.1. The van der Waals surface area contributed by atoms with Gasteiger partial charge in [0, 0.05) is 16.7 Å². The fourth-order valence-electron chi connectivity index (χ4n) is 3.29. The zero-order valence-electron chi connectivity index (χ0n) is 16.9. The molecule has 3 rings (SSSR count). The van der Waals surface area contributed by atoms with Crippen molar-refractivity contribution in [3.8, 4) is 0 Å². The van der Waals surface area contributed by atoms with Crippen LogP contribution in [-0.4, -0.2) is 58.9 Å². The molecule has 2 aromatic rings. The lowest BCUT2D eigenvalue weighted by atomic mass is 10.1. The van der Waals surface area contributed by atoms with E-state index >= 15 is 0 Å². The average Bonchev–Trinajstić information content (AvgIpc) is 2.98. The van der Waals surface area contributed by atoms with Crippen molar-refractivity contribution in [2.75, 3.05) is 25.5 Å². The molecule has 0 saturated carbocycles. The van der Waals surface area contributed by atoms with Gasteiger partial charge in [0.1, 0.15) is 12.6 Å². The van der Waals surface area contributed by atoms with Crippen molar-refractivity contribution in [2.24, 2.45) is 0 Å². The molecule has 1 fully saturated rings. The summed E-state index contributed by atoms with van der Waals surface area (Å²) in [6, 6.07) is 16.0. The summed E-state index contributed by atoms with van der Waals surface area (Å²) in [5.41, 5.74) is 1.68. The van der Waals surface area contributed by atoms with E-state index in [1.54, 1.807) is 24.3 Å². The van der Waals surface area contributed by atoms with Crippen LogP contribution in [0.25, 0.3) is 0 Å². The number of carbonyl (C=O) groups excluding carboxylic acids is 3. The highest BCUT2D eigenvalue weighted by Crippen LogP contribution is 2.22. The first-order valence-corrected chi connectivity index (χ1v) is 10.9. The van der Waals surface area contributed by atoms with E-state index in [2.05, 4.69) is 21.2 Å². The number of hydrogen-bond donors (Lipinski definition) is 1. The first kappa shape index (κ1) is 22.9. The summed E-state index contributed by atoms with van der Waals surface area (Å²) in [7, 11) is 1.27. The van der Waals surface area contributed by atoms with Crippen molar-refractivity contribution in [1.82, 2.24) is 9.80 Å². The normalized spacial score (nSPS) is 15.9. The van der Waals surface area contributed by atoms with Crippen molar-refractivity contribution < 1.29 is 19.1 Å². The van der Waals surface area contributed by atoms with E-state index in [4.69, 9.17) is 17.0 Å². The third-order valence-corrected chi connectivity index (χ3v) is 5.89. The highest BCUT2D eigenvalue weighted by atomic mass is 79.9. The van der Waals surface area contributed by atoms with E-state index in [1.165, 1.54) is 16.9 Å². The molecule has 1 N–H and O–H groups in total. The Balaban J connectivity index is 1.72. The number of nitrogens with zero attached hydrogens (tertiary/aromatic N) is 2. The number of carbonyl (C=O) groups is 3. The number of hydrogen-bond acceptors (Lipinski definition) is 5. The molecule has 0 radical (unpaired) electrons. The molecule has 31 heavy (non-hydrogen) atoms. The summed E-state index contributed by atoms with van der Waals surface area (Å²) in [6.45, 7) is 0.170. The molecule has 1 aliphatic rings. The summed E-state index contributed by atoms with van der Waals surface area (Å²) < 4.78 is 5.63. The second kappa shape index (κ2) is 10.5. The SMILES string of the molecule is COC(=O)CN1C(=S)N(CCc2ccccc2)C(=O)C1CC(=O)Nc1ccc(Br)cc1. The van der Waals surface area contributed by atoms with Crippen LogP contribution >= 0.6 is 28.1 Å². The molecular formula is C22H22BrN3O4S. The summed E-state index contributed by atoms with van der Waals surface area (Å²) in [4.78, 5) is 40.6. The van der Waals surface area contributed by atoms with Crippen molar-refractivity contribution in [1.29, 1.82) is 0 Å². The molecule has 1 heterocycles. The number of ether oxygens (including phenoxy) is 1. The Morgan fingerprint density at radius 1 is 1.13 bits per heavy atom. The topological polar surface area (TPSA) is 79.0 Å². The average molecular weight is 504 g/mol. The van der Waals surface area contributed by atoms with Crippen LogP contribution in [0.2, 0.25) is 0 Å². The van der Waals surface area contributed by atoms with Crippen LogP contribution in [0.4, 0.5) is 5.69 Å². The van der Waals surface area contributed by atoms with Crippen LogP contribution < -0.4 is 5.32 Å². The minimum atomic E-state index is -0.863. The number of amides is 2. The molecule has 9 heteroatoms. The van der Waals surface area contributed by atoms with Gasteiger partial charge in [-0.1, -0.05) is 46.3 Å². The zero-order valence-corrected chi connectivity index (χ0v) is 19.3. The molecule has 2 amide bonds. The van der Waals surface area contributed by atoms with E-state index < -0.39 is 12.0 Å². The zero-order chi connectivity index (χ0) is 22.4. The number of thiocarbonyl (C=S) groups is 1. The maximum absolute atomic E-state index is 13.1. The van der Waals surface area contributed by atoms with Gasteiger partial charge in [-0.15, -0.1) is 0 Å². The molecule has 0 bridgehead atoms. The number of benzene rings is 2. The van der Waals surface area contributed by atoms with Crippen molar-refractivity contribution in [2.45, 2.75) is 18.9 Å². The van der Waals surface area contributed by atoms with E-state index in [1.807, 2.05) is 30.3 Å². The second-order valence-corrected chi connectivity index (χ2v) is 8.27. The summed E-state index contributed by atoms with van der Waals surface area (Å²) >= 11 is 8.83. The minimum Gasteiger partial charge on any atom is -0.468 e. The molecule has 1 unspecified atom stereocenters. The van der Waals surface area contributed by atoms with Crippen LogP contribution in [0.5, 0.6) is 0 Å². The summed E-state index contributed by atoms with van der Waals surface area (Å²) in [5.74, 6) is -1.17. The Morgan fingerprint density at radius 2 is 1.81 bits per heavy atom. The molecule has 1 saturated heterocycles. The smallest absolute Gasteiger partial charge is 0.325 e. The van der Waals surface area contributed by atoms with Gasteiger partial charge in [0.05, 0.1) is 13.5 Å². The van der Waals surface area contributed by atoms with E-state index in [9.17, 15) is 14.4 Å². The van der Waals surface area contributed by atoms with Gasteiger partial charge in [-0.2, -0.15) is 0 Å². The summed E-state index contributed by atoms with van der Waals surface area (Å²) in [5, 5.41) is 3.00. The fraction of sp³-hybridized carbons (Fsp3) is 0.273.